The van der Waals surface area contributed by atoms with Gasteiger partial charge in [0.05, 0.1) is 13.0 Å². The molecule has 1 amide bonds. The molecule has 0 rings (SSSR count). The second-order valence-corrected chi connectivity index (χ2v) is 5.09. The standard InChI is InChI=1S/C13H26N2O4/c1-5-18-11(16)7-10-14-8-6-9-15-12(17)19-13(2,3)4/h14H,5-10H2,1-4H3,(H,15,17). The summed E-state index contributed by atoms with van der Waals surface area (Å²) in [5.41, 5.74) is -0.470. The number of hydrogen-bond donors (Lipinski definition) is 2. The summed E-state index contributed by atoms with van der Waals surface area (Å²) in [6, 6.07) is 0. The van der Waals surface area contributed by atoms with Gasteiger partial charge in [-0.15, -0.1) is 0 Å². The van der Waals surface area contributed by atoms with Gasteiger partial charge >= 0.3 is 12.1 Å². The normalized spacial score (nSPS) is 10.9. The first kappa shape index (κ1) is 17.7. The predicted molar refractivity (Wildman–Crippen MR) is 73.0 cm³/mol. The van der Waals surface area contributed by atoms with E-state index in [1.54, 1.807) is 6.92 Å². The highest BCUT2D eigenvalue weighted by Gasteiger charge is 2.15. The fraction of sp³-hybridized carbons (Fsp3) is 0.846. The first-order valence-corrected chi connectivity index (χ1v) is 6.68. The van der Waals surface area contributed by atoms with Gasteiger partial charge in [0.25, 0.3) is 0 Å². The van der Waals surface area contributed by atoms with Gasteiger partial charge in [0.2, 0.25) is 0 Å². The zero-order chi connectivity index (χ0) is 14.7. The zero-order valence-corrected chi connectivity index (χ0v) is 12.4. The molecule has 0 aromatic carbocycles. The molecule has 2 N–H and O–H groups in total. The maximum Gasteiger partial charge on any atom is 0.407 e. The lowest BCUT2D eigenvalue weighted by molar-refractivity contribution is -0.142. The Labute approximate surface area is 115 Å². The van der Waals surface area contributed by atoms with Crippen LogP contribution in [0.2, 0.25) is 0 Å². The van der Waals surface area contributed by atoms with Gasteiger partial charge in [0.15, 0.2) is 0 Å². The molecule has 0 aliphatic heterocycles. The Morgan fingerprint density at radius 2 is 1.79 bits per heavy atom. The smallest absolute Gasteiger partial charge is 0.407 e. The SMILES string of the molecule is CCOC(=O)CCNCCCNC(=O)OC(C)(C)C. The minimum absolute atomic E-state index is 0.193. The van der Waals surface area contributed by atoms with Crippen molar-refractivity contribution in [1.82, 2.24) is 10.6 Å². The predicted octanol–water partition coefficient (Wildman–Crippen LogP) is 1.44. The summed E-state index contributed by atoms with van der Waals surface area (Å²) in [6.45, 7) is 9.53. The summed E-state index contributed by atoms with van der Waals surface area (Å²) in [7, 11) is 0. The van der Waals surface area contributed by atoms with Gasteiger partial charge in [-0.2, -0.15) is 0 Å². The van der Waals surface area contributed by atoms with E-state index >= 15 is 0 Å². The molecule has 0 heterocycles. The second-order valence-electron chi connectivity index (χ2n) is 5.09. The summed E-state index contributed by atoms with van der Waals surface area (Å²) in [6.07, 6.45) is 0.745. The van der Waals surface area contributed by atoms with Gasteiger partial charge < -0.3 is 20.1 Å². The summed E-state index contributed by atoms with van der Waals surface area (Å²) in [5, 5.41) is 5.77. The van der Waals surface area contributed by atoms with E-state index in [-0.39, 0.29) is 5.97 Å². The molecule has 0 fully saturated rings. The number of hydrogen-bond acceptors (Lipinski definition) is 5. The van der Waals surface area contributed by atoms with Crippen molar-refractivity contribution in [3.63, 3.8) is 0 Å². The molecule has 6 nitrogen and oxygen atoms in total. The molecule has 0 aromatic rings. The molecular formula is C13H26N2O4. The highest BCUT2D eigenvalue weighted by molar-refractivity contribution is 5.69. The van der Waals surface area contributed by atoms with Crippen LogP contribution in [0.5, 0.6) is 0 Å². The average Bonchev–Trinajstić information content (AvgIpc) is 2.25. The van der Waals surface area contributed by atoms with Crippen molar-refractivity contribution in [2.75, 3.05) is 26.2 Å². The van der Waals surface area contributed by atoms with Crippen LogP contribution in [-0.2, 0) is 14.3 Å². The number of rotatable bonds is 8. The lowest BCUT2D eigenvalue weighted by Crippen LogP contribution is -2.34. The maximum absolute atomic E-state index is 11.3. The molecule has 0 aliphatic carbocycles. The van der Waals surface area contributed by atoms with Gasteiger partial charge in [0.1, 0.15) is 5.60 Å². The topological polar surface area (TPSA) is 76.7 Å². The molecule has 112 valence electrons. The molecule has 0 bridgehead atoms. The molecule has 0 saturated carbocycles. The number of esters is 1. The van der Waals surface area contributed by atoms with Gasteiger partial charge in [0, 0.05) is 13.1 Å². The Hall–Kier alpha value is -1.30. The minimum atomic E-state index is -0.470. The lowest BCUT2D eigenvalue weighted by Gasteiger charge is -2.19. The molecule has 0 radical (unpaired) electrons. The summed E-state index contributed by atoms with van der Waals surface area (Å²) >= 11 is 0. The van der Waals surface area contributed by atoms with E-state index in [4.69, 9.17) is 9.47 Å². The van der Waals surface area contributed by atoms with Crippen molar-refractivity contribution in [3.05, 3.63) is 0 Å². The van der Waals surface area contributed by atoms with Crippen molar-refractivity contribution >= 4 is 12.1 Å². The lowest BCUT2D eigenvalue weighted by atomic mass is 10.2. The van der Waals surface area contributed by atoms with Gasteiger partial charge in [-0.25, -0.2) is 4.79 Å². The fourth-order valence-corrected chi connectivity index (χ4v) is 1.27. The summed E-state index contributed by atoms with van der Waals surface area (Å²) in [5.74, 6) is -0.193. The number of carbonyl (C=O) groups excluding carboxylic acids is 2. The van der Waals surface area contributed by atoms with Crippen LogP contribution in [0, 0.1) is 0 Å². The average molecular weight is 274 g/mol. The largest absolute Gasteiger partial charge is 0.466 e. The van der Waals surface area contributed by atoms with Crippen molar-refractivity contribution < 1.29 is 19.1 Å². The zero-order valence-electron chi connectivity index (χ0n) is 12.4. The molecule has 19 heavy (non-hydrogen) atoms. The Bertz CT molecular complexity index is 274. The Morgan fingerprint density at radius 3 is 2.37 bits per heavy atom. The number of amides is 1. The van der Waals surface area contributed by atoms with Crippen LogP contribution in [0.15, 0.2) is 0 Å². The van der Waals surface area contributed by atoms with Crippen LogP contribution in [0.1, 0.15) is 40.5 Å². The molecule has 0 aromatic heterocycles. The molecule has 0 unspecified atom stereocenters. The second kappa shape index (κ2) is 9.61. The van der Waals surface area contributed by atoms with Crippen LogP contribution < -0.4 is 10.6 Å². The van der Waals surface area contributed by atoms with Gasteiger partial charge in [-0.05, 0) is 40.7 Å². The summed E-state index contributed by atoms with van der Waals surface area (Å²) < 4.78 is 9.89. The quantitative estimate of drug-likeness (QED) is 0.517. The number of carbonyl (C=O) groups is 2. The third-order valence-electron chi connectivity index (χ3n) is 2.01. The number of nitrogens with one attached hydrogen (secondary N) is 2. The fourth-order valence-electron chi connectivity index (χ4n) is 1.27. The minimum Gasteiger partial charge on any atom is -0.466 e. The van der Waals surface area contributed by atoms with E-state index in [1.165, 1.54) is 0 Å². The molecule has 0 saturated heterocycles. The van der Waals surface area contributed by atoms with Crippen LogP contribution in [0.3, 0.4) is 0 Å². The first-order valence-electron chi connectivity index (χ1n) is 6.68. The van der Waals surface area contributed by atoms with Crippen molar-refractivity contribution in [1.29, 1.82) is 0 Å². The Kier molecular flexibility index (Phi) is 8.95. The highest BCUT2D eigenvalue weighted by atomic mass is 16.6. The number of ether oxygens (including phenoxy) is 2. The van der Waals surface area contributed by atoms with Crippen LogP contribution in [0.25, 0.3) is 0 Å². The van der Waals surface area contributed by atoms with Gasteiger partial charge in [-0.1, -0.05) is 0 Å². The van der Waals surface area contributed by atoms with Crippen molar-refractivity contribution in [2.24, 2.45) is 0 Å². The van der Waals surface area contributed by atoms with E-state index in [2.05, 4.69) is 10.6 Å². The van der Waals surface area contributed by atoms with E-state index in [1.807, 2.05) is 20.8 Å². The van der Waals surface area contributed by atoms with Crippen LogP contribution in [0.4, 0.5) is 4.79 Å². The highest BCUT2D eigenvalue weighted by Crippen LogP contribution is 2.06. The van der Waals surface area contributed by atoms with Gasteiger partial charge in [-0.3, -0.25) is 4.79 Å². The number of alkyl carbamates (subject to hydrolysis) is 1. The van der Waals surface area contributed by atoms with Crippen molar-refractivity contribution in [2.45, 2.75) is 46.1 Å². The molecular weight excluding hydrogens is 248 g/mol. The Morgan fingerprint density at radius 1 is 1.11 bits per heavy atom. The monoisotopic (exact) mass is 274 g/mol. The summed E-state index contributed by atoms with van der Waals surface area (Å²) in [4.78, 5) is 22.3. The van der Waals surface area contributed by atoms with E-state index in [9.17, 15) is 9.59 Å². The third-order valence-corrected chi connectivity index (χ3v) is 2.01. The van der Waals surface area contributed by atoms with E-state index in [0.29, 0.717) is 26.1 Å². The molecule has 0 spiro atoms. The van der Waals surface area contributed by atoms with E-state index in [0.717, 1.165) is 13.0 Å². The first-order chi connectivity index (χ1) is 8.85. The maximum atomic E-state index is 11.3. The van der Waals surface area contributed by atoms with E-state index < -0.39 is 11.7 Å². The van der Waals surface area contributed by atoms with Crippen LogP contribution >= 0.6 is 0 Å². The van der Waals surface area contributed by atoms with Crippen LogP contribution in [-0.4, -0.2) is 43.9 Å². The van der Waals surface area contributed by atoms with Crippen molar-refractivity contribution in [3.8, 4) is 0 Å². The molecule has 6 heteroatoms. The Balaban J connectivity index is 3.36. The molecule has 0 atom stereocenters. The molecule has 0 aliphatic rings. The third kappa shape index (κ3) is 12.9.